The number of halogens is 5. The average Bonchev–Trinajstić information content (AvgIpc) is 2.70. The molecule has 2 atom stereocenters. The number of carbonyl (C=O) groups excluding carboxylic acids is 1. The number of nitrogens with zero attached hydrogens (tertiary/aromatic N) is 3. The Bertz CT molecular complexity index is 1030. The van der Waals surface area contributed by atoms with Crippen LogP contribution >= 0.6 is 0 Å². The van der Waals surface area contributed by atoms with Gasteiger partial charge in [0.2, 0.25) is 0 Å². The van der Waals surface area contributed by atoms with Gasteiger partial charge in [-0.3, -0.25) is 0 Å². The number of piperazine rings is 1. The standard InChI is InChI=1S/C21H19F5N4O/c1-12-11-30(20(31)28-19-6-4-15(22)7-18(19)23)13(2)10-29(12)16-5-3-14(9-27)17(8-16)21(24,25)26/h3-8,12-13H,10-11H2,1-2H3,(H,28,31)/t12-,13+/m0/s1. The maximum atomic E-state index is 13.8. The van der Waals surface area contributed by atoms with E-state index in [-0.39, 0.29) is 30.5 Å². The summed E-state index contributed by atoms with van der Waals surface area (Å²) in [6.45, 7) is 3.85. The number of anilines is 2. The number of amides is 2. The minimum atomic E-state index is -4.67. The van der Waals surface area contributed by atoms with E-state index in [0.717, 1.165) is 24.3 Å². The van der Waals surface area contributed by atoms with E-state index in [9.17, 15) is 26.7 Å². The number of urea groups is 1. The molecule has 1 N–H and O–H groups in total. The lowest BCUT2D eigenvalue weighted by Gasteiger charge is -2.45. The second kappa shape index (κ2) is 8.41. The highest BCUT2D eigenvalue weighted by Gasteiger charge is 2.36. The van der Waals surface area contributed by atoms with Crippen LogP contribution in [0.2, 0.25) is 0 Å². The second-order valence-electron chi connectivity index (χ2n) is 7.40. The summed E-state index contributed by atoms with van der Waals surface area (Å²) in [6.07, 6.45) is -4.67. The minimum absolute atomic E-state index is 0.164. The molecule has 0 aromatic heterocycles. The van der Waals surface area contributed by atoms with E-state index >= 15 is 0 Å². The van der Waals surface area contributed by atoms with Gasteiger partial charge in [-0.05, 0) is 44.2 Å². The Kier molecular flexibility index (Phi) is 6.06. The first-order chi connectivity index (χ1) is 14.5. The summed E-state index contributed by atoms with van der Waals surface area (Å²) >= 11 is 0. The Morgan fingerprint density at radius 3 is 2.42 bits per heavy atom. The summed E-state index contributed by atoms with van der Waals surface area (Å²) in [5.74, 6) is -1.68. The molecule has 1 saturated heterocycles. The minimum Gasteiger partial charge on any atom is -0.365 e. The van der Waals surface area contributed by atoms with Gasteiger partial charge in [-0.1, -0.05) is 0 Å². The first-order valence-electron chi connectivity index (χ1n) is 9.42. The molecule has 3 rings (SSSR count). The van der Waals surface area contributed by atoms with E-state index in [2.05, 4.69) is 5.32 Å². The van der Waals surface area contributed by atoms with E-state index in [1.165, 1.54) is 11.0 Å². The maximum Gasteiger partial charge on any atom is 0.417 e. The number of carbonyl (C=O) groups is 1. The Balaban J connectivity index is 1.78. The third-order valence-corrected chi connectivity index (χ3v) is 5.18. The molecular weight excluding hydrogens is 419 g/mol. The van der Waals surface area contributed by atoms with Gasteiger partial charge in [0.1, 0.15) is 11.6 Å². The van der Waals surface area contributed by atoms with E-state index in [0.29, 0.717) is 6.07 Å². The van der Waals surface area contributed by atoms with Crippen molar-refractivity contribution < 1.29 is 26.7 Å². The van der Waals surface area contributed by atoms with Gasteiger partial charge in [-0.25, -0.2) is 13.6 Å². The predicted octanol–water partition coefficient (Wildman–Crippen LogP) is 4.99. The number of alkyl halides is 3. The summed E-state index contributed by atoms with van der Waals surface area (Å²) in [7, 11) is 0. The summed E-state index contributed by atoms with van der Waals surface area (Å²) in [5.41, 5.74) is -1.36. The number of rotatable bonds is 2. The molecule has 31 heavy (non-hydrogen) atoms. The molecule has 0 saturated carbocycles. The molecule has 1 heterocycles. The Morgan fingerprint density at radius 1 is 1.10 bits per heavy atom. The van der Waals surface area contributed by atoms with Gasteiger partial charge in [-0.15, -0.1) is 0 Å². The Hall–Kier alpha value is -3.35. The number of benzene rings is 2. The van der Waals surface area contributed by atoms with Crippen LogP contribution < -0.4 is 10.2 Å². The highest BCUT2D eigenvalue weighted by Crippen LogP contribution is 2.35. The molecule has 1 aliphatic heterocycles. The van der Waals surface area contributed by atoms with Gasteiger partial charge in [0, 0.05) is 36.9 Å². The van der Waals surface area contributed by atoms with E-state index in [1.807, 2.05) is 0 Å². The summed E-state index contributed by atoms with van der Waals surface area (Å²) in [6, 6.07) is 6.49. The molecule has 0 unspecified atom stereocenters. The molecule has 2 aromatic carbocycles. The van der Waals surface area contributed by atoms with Crippen LogP contribution in [0.5, 0.6) is 0 Å². The molecule has 164 valence electrons. The molecule has 5 nitrogen and oxygen atoms in total. The molecule has 10 heteroatoms. The number of nitriles is 1. The van der Waals surface area contributed by atoms with Crippen molar-refractivity contribution in [3.05, 3.63) is 59.2 Å². The zero-order valence-electron chi connectivity index (χ0n) is 16.7. The Morgan fingerprint density at radius 2 is 1.81 bits per heavy atom. The van der Waals surface area contributed by atoms with Gasteiger partial charge < -0.3 is 15.1 Å². The quantitative estimate of drug-likeness (QED) is 0.673. The fourth-order valence-electron chi connectivity index (χ4n) is 3.59. The first kappa shape index (κ1) is 22.3. The predicted molar refractivity (Wildman–Crippen MR) is 105 cm³/mol. The van der Waals surface area contributed by atoms with Crippen LogP contribution in [0, 0.1) is 23.0 Å². The third kappa shape index (κ3) is 4.71. The maximum absolute atomic E-state index is 13.8. The van der Waals surface area contributed by atoms with Crippen molar-refractivity contribution >= 4 is 17.4 Å². The fourth-order valence-corrected chi connectivity index (χ4v) is 3.59. The SMILES string of the molecule is C[C@@H]1CN(c2ccc(C#N)c(C(F)(F)F)c2)[C@@H](C)CN1C(=O)Nc1ccc(F)cc1F. The van der Waals surface area contributed by atoms with Crippen molar-refractivity contribution in [3.63, 3.8) is 0 Å². The smallest absolute Gasteiger partial charge is 0.365 e. The van der Waals surface area contributed by atoms with Crippen molar-refractivity contribution in [1.29, 1.82) is 5.26 Å². The Labute approximate surface area is 175 Å². The van der Waals surface area contributed by atoms with Gasteiger partial charge in [-0.2, -0.15) is 18.4 Å². The molecule has 0 radical (unpaired) electrons. The largest absolute Gasteiger partial charge is 0.417 e. The zero-order valence-corrected chi connectivity index (χ0v) is 16.7. The molecule has 0 bridgehead atoms. The lowest BCUT2D eigenvalue weighted by molar-refractivity contribution is -0.137. The van der Waals surface area contributed by atoms with E-state index < -0.39 is 41.0 Å². The molecule has 1 fully saturated rings. The van der Waals surface area contributed by atoms with E-state index in [1.54, 1.807) is 24.8 Å². The van der Waals surface area contributed by atoms with Gasteiger partial charge >= 0.3 is 12.2 Å². The molecule has 0 aliphatic carbocycles. The van der Waals surface area contributed by atoms with Crippen molar-refractivity contribution in [2.75, 3.05) is 23.3 Å². The van der Waals surface area contributed by atoms with Crippen LogP contribution in [0.15, 0.2) is 36.4 Å². The van der Waals surface area contributed by atoms with Crippen molar-refractivity contribution in [2.45, 2.75) is 32.1 Å². The average molecular weight is 438 g/mol. The van der Waals surface area contributed by atoms with Crippen LogP contribution in [-0.2, 0) is 6.18 Å². The van der Waals surface area contributed by atoms with Crippen molar-refractivity contribution in [3.8, 4) is 6.07 Å². The number of hydrogen-bond acceptors (Lipinski definition) is 3. The van der Waals surface area contributed by atoms with Gasteiger partial charge in [0.25, 0.3) is 0 Å². The monoisotopic (exact) mass is 438 g/mol. The number of hydrogen-bond donors (Lipinski definition) is 1. The topological polar surface area (TPSA) is 59.4 Å². The summed E-state index contributed by atoms with van der Waals surface area (Å²) < 4.78 is 66.8. The van der Waals surface area contributed by atoms with Crippen molar-refractivity contribution in [1.82, 2.24) is 4.90 Å². The molecule has 1 aliphatic rings. The molecular formula is C21H19F5N4O. The second-order valence-corrected chi connectivity index (χ2v) is 7.40. The number of nitrogens with one attached hydrogen (secondary N) is 1. The zero-order chi connectivity index (χ0) is 22.9. The molecule has 0 spiro atoms. The molecule has 2 aromatic rings. The lowest BCUT2D eigenvalue weighted by atomic mass is 10.0. The van der Waals surface area contributed by atoms with E-state index in [4.69, 9.17) is 5.26 Å². The normalized spacial score (nSPS) is 19.2. The van der Waals surface area contributed by atoms with Crippen LogP contribution in [0.1, 0.15) is 25.0 Å². The fraction of sp³-hybridized carbons (Fsp3) is 0.333. The highest BCUT2D eigenvalue weighted by atomic mass is 19.4. The van der Waals surface area contributed by atoms with Crippen LogP contribution in [0.4, 0.5) is 38.1 Å². The van der Waals surface area contributed by atoms with Crippen LogP contribution in [-0.4, -0.2) is 36.1 Å². The van der Waals surface area contributed by atoms with Crippen LogP contribution in [0.3, 0.4) is 0 Å². The van der Waals surface area contributed by atoms with Gasteiger partial charge in [0.05, 0.1) is 22.9 Å². The van der Waals surface area contributed by atoms with Crippen LogP contribution in [0.25, 0.3) is 0 Å². The lowest BCUT2D eigenvalue weighted by Crippen LogP contribution is -2.59. The summed E-state index contributed by atoms with van der Waals surface area (Å²) in [5, 5.41) is 11.4. The molecule has 2 amide bonds. The highest BCUT2D eigenvalue weighted by molar-refractivity contribution is 5.90. The van der Waals surface area contributed by atoms with Gasteiger partial charge in [0.15, 0.2) is 0 Å². The third-order valence-electron chi connectivity index (χ3n) is 5.18. The first-order valence-corrected chi connectivity index (χ1v) is 9.42. The van der Waals surface area contributed by atoms with Crippen molar-refractivity contribution in [2.24, 2.45) is 0 Å². The summed E-state index contributed by atoms with van der Waals surface area (Å²) in [4.78, 5) is 15.8.